The minimum absolute atomic E-state index is 0.216. The van der Waals surface area contributed by atoms with E-state index < -0.39 is 17.4 Å². The van der Waals surface area contributed by atoms with Crippen molar-refractivity contribution in [1.82, 2.24) is 19.1 Å². The Morgan fingerprint density at radius 3 is 2.72 bits per heavy atom. The first kappa shape index (κ1) is 12.4. The Morgan fingerprint density at radius 1 is 1.50 bits per heavy atom. The van der Waals surface area contributed by atoms with Gasteiger partial charge in [0.2, 0.25) is 5.95 Å². The van der Waals surface area contributed by atoms with Crippen molar-refractivity contribution >= 4 is 17.1 Å². The maximum Gasteiger partial charge on any atom is 0.329 e. The standard InChI is InChI=1S/C10H15N5O3/c1-5(16)4-15-6-7(12-9(15)11-2)14(3)10(18)13-8(6)17/h5,16H,4H2,1-3H3,(H,11,12)(H,13,17,18)/t5-/m0/s1. The molecule has 3 N–H and O–H groups in total. The third-order valence-corrected chi connectivity index (χ3v) is 2.68. The van der Waals surface area contributed by atoms with Gasteiger partial charge < -0.3 is 15.0 Å². The summed E-state index contributed by atoms with van der Waals surface area (Å²) in [7, 11) is 3.19. The molecule has 2 rings (SSSR count). The van der Waals surface area contributed by atoms with Crippen LogP contribution < -0.4 is 16.6 Å². The molecule has 0 saturated carbocycles. The Labute approximate surface area is 102 Å². The minimum atomic E-state index is -0.633. The fourth-order valence-corrected chi connectivity index (χ4v) is 1.87. The number of hydrogen-bond acceptors (Lipinski definition) is 5. The van der Waals surface area contributed by atoms with Gasteiger partial charge in [0.1, 0.15) is 0 Å². The summed E-state index contributed by atoms with van der Waals surface area (Å²) in [5, 5.41) is 12.3. The molecular weight excluding hydrogens is 238 g/mol. The van der Waals surface area contributed by atoms with Crippen molar-refractivity contribution in [3.63, 3.8) is 0 Å². The molecule has 0 radical (unpaired) electrons. The van der Waals surface area contributed by atoms with E-state index in [0.29, 0.717) is 5.95 Å². The average Bonchev–Trinajstić information content (AvgIpc) is 2.64. The van der Waals surface area contributed by atoms with Gasteiger partial charge in [-0.25, -0.2) is 4.79 Å². The highest BCUT2D eigenvalue weighted by Gasteiger charge is 2.17. The molecule has 0 aliphatic rings. The number of H-pyrrole nitrogens is 1. The second-order valence-electron chi connectivity index (χ2n) is 4.14. The quantitative estimate of drug-likeness (QED) is 0.640. The van der Waals surface area contributed by atoms with Gasteiger partial charge in [0, 0.05) is 14.1 Å². The molecule has 0 bridgehead atoms. The monoisotopic (exact) mass is 253 g/mol. The van der Waals surface area contributed by atoms with Crippen LogP contribution in [0.4, 0.5) is 5.95 Å². The number of fused-ring (bicyclic) bond motifs is 1. The van der Waals surface area contributed by atoms with Crippen molar-refractivity contribution in [2.45, 2.75) is 19.6 Å². The maximum absolute atomic E-state index is 11.8. The van der Waals surface area contributed by atoms with E-state index in [2.05, 4.69) is 15.3 Å². The molecule has 2 aromatic rings. The number of aryl methyl sites for hydroxylation is 1. The van der Waals surface area contributed by atoms with Gasteiger partial charge in [-0.15, -0.1) is 0 Å². The van der Waals surface area contributed by atoms with Gasteiger partial charge in [0.15, 0.2) is 11.2 Å². The van der Waals surface area contributed by atoms with Gasteiger partial charge in [0.05, 0.1) is 12.6 Å². The van der Waals surface area contributed by atoms with Crippen LogP contribution >= 0.6 is 0 Å². The van der Waals surface area contributed by atoms with Crippen LogP contribution in [0, 0.1) is 0 Å². The number of aliphatic hydroxyl groups is 1. The Bertz CT molecular complexity index is 694. The molecule has 0 aliphatic heterocycles. The Kier molecular flexibility index (Phi) is 2.95. The lowest BCUT2D eigenvalue weighted by molar-refractivity contribution is 0.175. The lowest BCUT2D eigenvalue weighted by Gasteiger charge is -2.09. The van der Waals surface area contributed by atoms with Gasteiger partial charge >= 0.3 is 5.69 Å². The van der Waals surface area contributed by atoms with Crippen molar-refractivity contribution in [2.75, 3.05) is 12.4 Å². The van der Waals surface area contributed by atoms with Crippen LogP contribution in [-0.4, -0.2) is 37.4 Å². The van der Waals surface area contributed by atoms with Crippen molar-refractivity contribution in [3.05, 3.63) is 20.8 Å². The van der Waals surface area contributed by atoms with Gasteiger partial charge in [-0.2, -0.15) is 4.98 Å². The summed E-state index contributed by atoms with van der Waals surface area (Å²) in [6, 6.07) is 0. The van der Waals surface area contributed by atoms with Crippen LogP contribution in [0.5, 0.6) is 0 Å². The Balaban J connectivity index is 2.87. The van der Waals surface area contributed by atoms with Gasteiger partial charge in [-0.1, -0.05) is 0 Å². The number of anilines is 1. The largest absolute Gasteiger partial charge is 0.392 e. The molecule has 0 aliphatic carbocycles. The minimum Gasteiger partial charge on any atom is -0.392 e. The second kappa shape index (κ2) is 4.30. The first-order valence-electron chi connectivity index (χ1n) is 5.51. The molecule has 1 atom stereocenters. The first-order valence-corrected chi connectivity index (χ1v) is 5.51. The number of nitrogens with zero attached hydrogens (tertiary/aromatic N) is 3. The number of aromatic amines is 1. The Hall–Kier alpha value is -2.09. The van der Waals surface area contributed by atoms with Crippen LogP contribution in [0.25, 0.3) is 11.2 Å². The number of imidazole rings is 1. The molecular formula is C10H15N5O3. The van der Waals surface area contributed by atoms with E-state index in [1.165, 1.54) is 11.6 Å². The number of hydrogen-bond donors (Lipinski definition) is 3. The molecule has 98 valence electrons. The molecule has 0 fully saturated rings. The summed E-state index contributed by atoms with van der Waals surface area (Å²) in [5.41, 5.74) is -0.476. The highest BCUT2D eigenvalue weighted by molar-refractivity contribution is 5.74. The van der Waals surface area contributed by atoms with Gasteiger partial charge in [-0.3, -0.25) is 14.3 Å². The fraction of sp³-hybridized carbons (Fsp3) is 0.500. The highest BCUT2D eigenvalue weighted by Crippen LogP contribution is 2.15. The van der Waals surface area contributed by atoms with Gasteiger partial charge in [-0.05, 0) is 6.92 Å². The summed E-state index contributed by atoms with van der Waals surface area (Å²) in [5.74, 6) is 0.428. The molecule has 8 heteroatoms. The normalized spacial score (nSPS) is 12.9. The molecule has 8 nitrogen and oxygen atoms in total. The zero-order valence-electron chi connectivity index (χ0n) is 10.4. The molecule has 18 heavy (non-hydrogen) atoms. The lowest BCUT2D eigenvalue weighted by Crippen LogP contribution is -2.29. The number of nitrogens with one attached hydrogen (secondary N) is 2. The van der Waals surface area contributed by atoms with E-state index in [1.54, 1.807) is 18.5 Å². The predicted octanol–water partition coefficient (Wildman–Crippen LogP) is -1.15. The molecule has 0 aromatic carbocycles. The maximum atomic E-state index is 11.8. The topological polar surface area (TPSA) is 105 Å². The third-order valence-electron chi connectivity index (χ3n) is 2.68. The van der Waals surface area contributed by atoms with E-state index in [0.717, 1.165) is 0 Å². The first-order chi connectivity index (χ1) is 8.45. The summed E-state index contributed by atoms with van der Waals surface area (Å²) >= 11 is 0. The molecule has 0 spiro atoms. The highest BCUT2D eigenvalue weighted by atomic mass is 16.3. The summed E-state index contributed by atoms with van der Waals surface area (Å²) < 4.78 is 2.81. The van der Waals surface area contributed by atoms with Crippen LogP contribution in [0.15, 0.2) is 9.59 Å². The zero-order valence-corrected chi connectivity index (χ0v) is 10.4. The zero-order chi connectivity index (χ0) is 13.4. The molecule has 0 unspecified atom stereocenters. The summed E-state index contributed by atoms with van der Waals surface area (Å²) in [6.45, 7) is 1.83. The van der Waals surface area contributed by atoms with Crippen LogP contribution in [-0.2, 0) is 13.6 Å². The van der Waals surface area contributed by atoms with Gasteiger partial charge in [0.25, 0.3) is 5.56 Å². The number of aliphatic hydroxyl groups excluding tert-OH is 1. The Morgan fingerprint density at radius 2 is 2.17 bits per heavy atom. The smallest absolute Gasteiger partial charge is 0.329 e. The second-order valence-corrected chi connectivity index (χ2v) is 4.14. The van der Waals surface area contributed by atoms with Crippen LogP contribution in [0.2, 0.25) is 0 Å². The third kappa shape index (κ3) is 1.80. The van der Waals surface area contributed by atoms with Crippen LogP contribution in [0.1, 0.15) is 6.92 Å². The molecule has 0 saturated heterocycles. The number of rotatable bonds is 3. The summed E-state index contributed by atoms with van der Waals surface area (Å²) in [4.78, 5) is 29.7. The van der Waals surface area contributed by atoms with Crippen molar-refractivity contribution in [3.8, 4) is 0 Å². The molecule has 2 aromatic heterocycles. The SMILES string of the molecule is CNc1nc2c(c(=O)[nH]c(=O)n2C)n1C[C@H](C)O. The predicted molar refractivity (Wildman–Crippen MR) is 66.8 cm³/mol. The van der Waals surface area contributed by atoms with E-state index in [-0.39, 0.29) is 17.7 Å². The van der Waals surface area contributed by atoms with E-state index in [1.807, 2.05) is 0 Å². The lowest BCUT2D eigenvalue weighted by atomic mass is 10.4. The van der Waals surface area contributed by atoms with Crippen molar-refractivity contribution < 1.29 is 5.11 Å². The van der Waals surface area contributed by atoms with Crippen LogP contribution in [0.3, 0.4) is 0 Å². The molecule has 2 heterocycles. The van der Waals surface area contributed by atoms with E-state index >= 15 is 0 Å². The molecule has 0 amide bonds. The van der Waals surface area contributed by atoms with Crippen molar-refractivity contribution in [2.24, 2.45) is 7.05 Å². The van der Waals surface area contributed by atoms with E-state index in [4.69, 9.17) is 0 Å². The average molecular weight is 253 g/mol. The summed E-state index contributed by atoms with van der Waals surface area (Å²) in [6.07, 6.45) is -0.633. The van der Waals surface area contributed by atoms with E-state index in [9.17, 15) is 14.7 Å². The van der Waals surface area contributed by atoms with Crippen molar-refractivity contribution in [1.29, 1.82) is 0 Å². The number of aromatic nitrogens is 4. The fourth-order valence-electron chi connectivity index (χ4n) is 1.87.